The Morgan fingerprint density at radius 1 is 1.56 bits per heavy atom. The minimum absolute atomic E-state index is 0.243. The minimum atomic E-state index is -0.630. The minimum Gasteiger partial charge on any atom is -0.456 e. The van der Waals surface area contributed by atoms with Gasteiger partial charge in [-0.1, -0.05) is 12.0 Å². The third kappa shape index (κ3) is 3.37. The van der Waals surface area contributed by atoms with Gasteiger partial charge < -0.3 is 10.5 Å². The van der Waals surface area contributed by atoms with Crippen molar-refractivity contribution in [3.8, 4) is 11.8 Å². The van der Waals surface area contributed by atoms with E-state index in [-0.39, 0.29) is 13.2 Å². The lowest BCUT2D eigenvalue weighted by Gasteiger charge is -2.00. The number of rotatable bonds is 2. The number of esters is 1. The molecule has 0 aromatic heterocycles. The van der Waals surface area contributed by atoms with E-state index < -0.39 is 11.8 Å². The molecule has 0 aliphatic carbocycles. The van der Waals surface area contributed by atoms with Gasteiger partial charge in [-0.2, -0.15) is 0 Å². The quantitative estimate of drug-likeness (QED) is 0.603. The summed E-state index contributed by atoms with van der Waals surface area (Å²) in [5.41, 5.74) is 6.56. The molecule has 0 unspecified atom stereocenters. The zero-order chi connectivity index (χ0) is 12.0. The van der Waals surface area contributed by atoms with Gasteiger partial charge in [0.15, 0.2) is 0 Å². The monoisotopic (exact) mass is 221 g/mol. The first-order valence-corrected chi connectivity index (χ1v) is 4.84. The molecular formula is C12H12FNO2. The Hall–Kier alpha value is -1.86. The number of hydrogen-bond acceptors (Lipinski definition) is 3. The molecule has 84 valence electrons. The van der Waals surface area contributed by atoms with E-state index in [0.717, 1.165) is 0 Å². The third-order valence-corrected chi connectivity index (χ3v) is 1.87. The van der Waals surface area contributed by atoms with Gasteiger partial charge >= 0.3 is 5.97 Å². The Labute approximate surface area is 93.4 Å². The SMILES string of the molecule is CCOC(=O)C#Cc1cc(F)ccc1CN. The van der Waals surface area contributed by atoms with Gasteiger partial charge in [-0.25, -0.2) is 9.18 Å². The summed E-state index contributed by atoms with van der Waals surface area (Å²) < 4.78 is 17.6. The molecule has 3 nitrogen and oxygen atoms in total. The lowest BCUT2D eigenvalue weighted by Crippen LogP contribution is -2.02. The zero-order valence-electron chi connectivity index (χ0n) is 8.92. The van der Waals surface area contributed by atoms with Crippen LogP contribution in [0.15, 0.2) is 18.2 Å². The van der Waals surface area contributed by atoms with Crippen LogP contribution in [0.1, 0.15) is 18.1 Å². The standard InChI is InChI=1S/C12H12FNO2/c1-2-16-12(15)6-4-9-7-11(13)5-3-10(9)8-14/h3,5,7H,2,8,14H2,1H3. The highest BCUT2D eigenvalue weighted by molar-refractivity contribution is 5.89. The molecule has 0 atom stereocenters. The lowest BCUT2D eigenvalue weighted by molar-refractivity contribution is -0.136. The number of hydrogen-bond donors (Lipinski definition) is 1. The molecular weight excluding hydrogens is 209 g/mol. The molecule has 2 N–H and O–H groups in total. The maximum Gasteiger partial charge on any atom is 0.384 e. The summed E-state index contributed by atoms with van der Waals surface area (Å²) >= 11 is 0. The van der Waals surface area contributed by atoms with Crippen LogP contribution < -0.4 is 5.73 Å². The van der Waals surface area contributed by atoms with Crippen molar-refractivity contribution in [3.05, 3.63) is 35.1 Å². The van der Waals surface area contributed by atoms with Gasteiger partial charge in [0.2, 0.25) is 0 Å². The highest BCUT2D eigenvalue weighted by atomic mass is 19.1. The van der Waals surface area contributed by atoms with Crippen LogP contribution in [0.5, 0.6) is 0 Å². The van der Waals surface area contributed by atoms with Crippen LogP contribution in [0.4, 0.5) is 4.39 Å². The van der Waals surface area contributed by atoms with E-state index in [2.05, 4.69) is 16.6 Å². The summed E-state index contributed by atoms with van der Waals surface area (Å²) in [5.74, 6) is 3.77. The summed E-state index contributed by atoms with van der Waals surface area (Å²) in [4.78, 5) is 11.0. The fourth-order valence-electron chi connectivity index (χ4n) is 1.13. The number of benzene rings is 1. The van der Waals surface area contributed by atoms with Crippen LogP contribution in [0, 0.1) is 17.7 Å². The Morgan fingerprint density at radius 2 is 2.31 bits per heavy atom. The molecule has 0 saturated heterocycles. The van der Waals surface area contributed by atoms with Crippen molar-refractivity contribution in [1.82, 2.24) is 0 Å². The number of nitrogens with two attached hydrogens (primary N) is 1. The molecule has 0 aliphatic rings. The summed E-state index contributed by atoms with van der Waals surface area (Å²) in [6.45, 7) is 2.20. The van der Waals surface area contributed by atoms with Gasteiger partial charge in [-0.05, 0) is 24.6 Å². The molecule has 0 bridgehead atoms. The summed E-state index contributed by atoms with van der Waals surface area (Å²) in [6.07, 6.45) is 0. The van der Waals surface area contributed by atoms with Crippen LogP contribution in [0.2, 0.25) is 0 Å². The van der Waals surface area contributed by atoms with E-state index in [1.54, 1.807) is 13.0 Å². The molecule has 1 aromatic rings. The second-order valence-corrected chi connectivity index (χ2v) is 2.98. The van der Waals surface area contributed by atoms with Crippen molar-refractivity contribution < 1.29 is 13.9 Å². The predicted molar refractivity (Wildman–Crippen MR) is 57.8 cm³/mol. The Balaban J connectivity index is 2.94. The molecule has 1 aromatic carbocycles. The van der Waals surface area contributed by atoms with Crippen molar-refractivity contribution in [2.75, 3.05) is 6.61 Å². The summed E-state index contributed by atoms with van der Waals surface area (Å²) in [6, 6.07) is 4.09. The molecule has 0 aliphatic heterocycles. The Bertz CT molecular complexity index is 446. The van der Waals surface area contributed by atoms with Gasteiger partial charge in [0, 0.05) is 18.0 Å². The fraction of sp³-hybridized carbons (Fsp3) is 0.250. The molecule has 0 amide bonds. The average molecular weight is 221 g/mol. The van der Waals surface area contributed by atoms with E-state index in [4.69, 9.17) is 5.73 Å². The second kappa shape index (κ2) is 5.89. The van der Waals surface area contributed by atoms with E-state index in [1.165, 1.54) is 12.1 Å². The normalized spacial score (nSPS) is 9.19. The Morgan fingerprint density at radius 3 is 2.94 bits per heavy atom. The molecule has 16 heavy (non-hydrogen) atoms. The summed E-state index contributed by atoms with van der Waals surface area (Å²) in [5, 5.41) is 0. The van der Waals surface area contributed by atoms with Gasteiger partial charge in [0.05, 0.1) is 6.61 Å². The lowest BCUT2D eigenvalue weighted by atomic mass is 10.1. The number of ether oxygens (including phenoxy) is 1. The van der Waals surface area contributed by atoms with Crippen LogP contribution in [-0.4, -0.2) is 12.6 Å². The zero-order valence-corrected chi connectivity index (χ0v) is 8.92. The van der Waals surface area contributed by atoms with E-state index in [0.29, 0.717) is 11.1 Å². The molecule has 1 rings (SSSR count). The second-order valence-electron chi connectivity index (χ2n) is 2.98. The molecule has 0 radical (unpaired) electrons. The van der Waals surface area contributed by atoms with Gasteiger partial charge in [-0.15, -0.1) is 0 Å². The average Bonchev–Trinajstić information content (AvgIpc) is 2.27. The van der Waals surface area contributed by atoms with Gasteiger partial charge in [0.25, 0.3) is 0 Å². The maximum absolute atomic E-state index is 12.9. The Kier molecular flexibility index (Phi) is 4.49. The smallest absolute Gasteiger partial charge is 0.384 e. The first-order chi connectivity index (χ1) is 7.67. The highest BCUT2D eigenvalue weighted by Crippen LogP contribution is 2.09. The van der Waals surface area contributed by atoms with E-state index in [1.807, 2.05) is 0 Å². The number of carbonyl (C=O) groups is 1. The van der Waals surface area contributed by atoms with Crippen molar-refractivity contribution in [3.63, 3.8) is 0 Å². The third-order valence-electron chi connectivity index (χ3n) is 1.87. The number of halogens is 1. The number of carbonyl (C=O) groups excluding carboxylic acids is 1. The van der Waals surface area contributed by atoms with Crippen molar-refractivity contribution >= 4 is 5.97 Å². The van der Waals surface area contributed by atoms with Crippen LogP contribution in [0.3, 0.4) is 0 Å². The topological polar surface area (TPSA) is 52.3 Å². The van der Waals surface area contributed by atoms with Gasteiger partial charge in [-0.3, -0.25) is 0 Å². The molecule has 0 saturated carbocycles. The maximum atomic E-state index is 12.9. The predicted octanol–water partition coefficient (Wildman–Crippen LogP) is 1.20. The van der Waals surface area contributed by atoms with Gasteiger partial charge in [0.1, 0.15) is 5.82 Å². The first-order valence-electron chi connectivity index (χ1n) is 4.84. The van der Waals surface area contributed by atoms with E-state index in [9.17, 15) is 9.18 Å². The molecule has 0 heterocycles. The van der Waals surface area contributed by atoms with Crippen LogP contribution in [0.25, 0.3) is 0 Å². The molecule has 0 spiro atoms. The van der Waals surface area contributed by atoms with Crippen molar-refractivity contribution in [1.29, 1.82) is 0 Å². The largest absolute Gasteiger partial charge is 0.456 e. The van der Waals surface area contributed by atoms with E-state index >= 15 is 0 Å². The molecule has 4 heteroatoms. The first kappa shape index (κ1) is 12.2. The summed E-state index contributed by atoms with van der Waals surface area (Å²) in [7, 11) is 0. The fourth-order valence-corrected chi connectivity index (χ4v) is 1.13. The van der Waals surface area contributed by atoms with Crippen molar-refractivity contribution in [2.45, 2.75) is 13.5 Å². The van der Waals surface area contributed by atoms with Crippen molar-refractivity contribution in [2.24, 2.45) is 5.73 Å². The molecule has 0 fully saturated rings. The highest BCUT2D eigenvalue weighted by Gasteiger charge is 2.00. The van der Waals surface area contributed by atoms with Crippen LogP contribution in [-0.2, 0) is 16.1 Å². The van der Waals surface area contributed by atoms with Crippen LogP contribution >= 0.6 is 0 Å².